The number of quaternary nitrogens is 1. The third kappa shape index (κ3) is 3.72. The van der Waals surface area contributed by atoms with Gasteiger partial charge in [0, 0.05) is 13.1 Å². The van der Waals surface area contributed by atoms with Gasteiger partial charge >= 0.3 is 0 Å². The number of hydrogen-bond donors (Lipinski definition) is 0. The van der Waals surface area contributed by atoms with Crippen LogP contribution in [0.4, 0.5) is 4.39 Å². The second kappa shape index (κ2) is 4.79. The van der Waals surface area contributed by atoms with Gasteiger partial charge in [0.1, 0.15) is 12.3 Å². The van der Waals surface area contributed by atoms with E-state index in [1.165, 1.54) is 0 Å². The van der Waals surface area contributed by atoms with Gasteiger partial charge in [0.15, 0.2) is 0 Å². The van der Waals surface area contributed by atoms with Crippen LogP contribution >= 0.6 is 0 Å². The van der Waals surface area contributed by atoms with Crippen molar-refractivity contribution in [1.82, 2.24) is 4.90 Å². The molecule has 0 bridgehead atoms. The molecule has 0 atom stereocenters. The molecule has 0 aromatic heterocycles. The maximum atomic E-state index is 13.6. The number of likely N-dealkylation sites (tertiary alicyclic amines) is 1. The minimum Gasteiger partial charge on any atom is -0.314 e. The summed E-state index contributed by atoms with van der Waals surface area (Å²) in [5.74, 6) is 0. The second-order valence-electron chi connectivity index (χ2n) is 5.42. The highest BCUT2D eigenvalue weighted by Crippen LogP contribution is 2.25. The van der Waals surface area contributed by atoms with Crippen LogP contribution in [0.3, 0.4) is 0 Å². The van der Waals surface area contributed by atoms with Gasteiger partial charge in [0.2, 0.25) is 0 Å². The number of hydrogen-bond acceptors (Lipinski definition) is 1. The average molecular weight is 217 g/mol. The molecular weight excluding hydrogens is 191 g/mol. The van der Waals surface area contributed by atoms with E-state index in [2.05, 4.69) is 25.8 Å². The maximum absolute atomic E-state index is 13.6. The minimum absolute atomic E-state index is 0.695. The van der Waals surface area contributed by atoms with E-state index in [-0.39, 0.29) is 0 Å². The van der Waals surface area contributed by atoms with Crippen molar-refractivity contribution in [3.63, 3.8) is 0 Å². The Morgan fingerprint density at radius 1 is 1.20 bits per heavy atom. The predicted octanol–water partition coefficient (Wildman–Crippen LogP) is 2.25. The summed E-state index contributed by atoms with van der Waals surface area (Å²) < 4.78 is 14.7. The minimum atomic E-state index is -0.918. The molecule has 15 heavy (non-hydrogen) atoms. The van der Waals surface area contributed by atoms with Crippen molar-refractivity contribution in [2.75, 3.05) is 39.9 Å². The molecular formula is C12H26FN2+. The molecule has 1 aliphatic rings. The molecule has 1 rings (SSSR count). The molecule has 1 fully saturated rings. The summed E-state index contributed by atoms with van der Waals surface area (Å²) in [5.41, 5.74) is -0.918. The fourth-order valence-corrected chi connectivity index (χ4v) is 2.07. The van der Waals surface area contributed by atoms with Crippen molar-refractivity contribution in [2.45, 2.75) is 39.3 Å². The average Bonchev–Trinajstić information content (AvgIpc) is 2.21. The first-order chi connectivity index (χ1) is 6.91. The number of nitrogens with zero attached hydrogens (tertiary/aromatic N) is 2. The Kier molecular flexibility index (Phi) is 4.13. The molecule has 0 aromatic carbocycles. The molecule has 3 heteroatoms. The molecule has 0 aromatic rings. The quantitative estimate of drug-likeness (QED) is 0.653. The van der Waals surface area contributed by atoms with Crippen LogP contribution in [0, 0.1) is 0 Å². The molecule has 0 saturated carbocycles. The number of alkyl halides is 1. The van der Waals surface area contributed by atoms with Crippen LogP contribution < -0.4 is 0 Å². The summed E-state index contributed by atoms with van der Waals surface area (Å²) >= 11 is 0. The maximum Gasteiger partial charge on any atom is 0.134 e. The van der Waals surface area contributed by atoms with Crippen LogP contribution in [-0.4, -0.2) is 54.9 Å². The van der Waals surface area contributed by atoms with Crippen molar-refractivity contribution < 1.29 is 8.87 Å². The summed E-state index contributed by atoms with van der Waals surface area (Å²) in [5, 5.41) is 0. The van der Waals surface area contributed by atoms with E-state index in [1.807, 2.05) is 0 Å². The molecule has 0 N–H and O–H groups in total. The predicted molar refractivity (Wildman–Crippen MR) is 62.5 cm³/mol. The molecule has 2 nitrogen and oxygen atoms in total. The van der Waals surface area contributed by atoms with Crippen molar-refractivity contribution >= 4 is 0 Å². The van der Waals surface area contributed by atoms with Crippen LogP contribution in [0.1, 0.15) is 33.6 Å². The molecule has 0 unspecified atom stereocenters. The molecule has 1 aliphatic heterocycles. The van der Waals surface area contributed by atoms with Gasteiger partial charge in [-0.15, -0.1) is 0 Å². The van der Waals surface area contributed by atoms with Crippen LogP contribution in [-0.2, 0) is 0 Å². The van der Waals surface area contributed by atoms with Crippen LogP contribution in [0.25, 0.3) is 0 Å². The molecule has 0 amide bonds. The molecule has 1 heterocycles. The van der Waals surface area contributed by atoms with Crippen molar-refractivity contribution in [2.24, 2.45) is 0 Å². The normalized spacial score (nSPS) is 23.0. The number of rotatable bonds is 4. The highest BCUT2D eigenvalue weighted by atomic mass is 19.1. The molecule has 1 saturated heterocycles. The van der Waals surface area contributed by atoms with Gasteiger partial charge in [-0.25, -0.2) is 4.39 Å². The summed E-state index contributed by atoms with van der Waals surface area (Å²) in [4.78, 5) is 2.41. The Hall–Kier alpha value is -0.150. The van der Waals surface area contributed by atoms with Gasteiger partial charge in [-0.3, -0.25) is 4.90 Å². The molecule has 90 valence electrons. The summed E-state index contributed by atoms with van der Waals surface area (Å²) in [7, 11) is 2.28. The molecule has 0 aliphatic carbocycles. The number of halogens is 1. The van der Waals surface area contributed by atoms with E-state index in [0.717, 1.165) is 37.3 Å². The lowest BCUT2D eigenvalue weighted by molar-refractivity contribution is -0.916. The van der Waals surface area contributed by atoms with Crippen molar-refractivity contribution in [1.29, 1.82) is 0 Å². The fraction of sp³-hybridized carbons (Fsp3) is 1.00. The zero-order valence-corrected chi connectivity index (χ0v) is 10.7. The van der Waals surface area contributed by atoms with E-state index >= 15 is 0 Å². The Morgan fingerprint density at radius 2 is 1.67 bits per heavy atom. The summed E-state index contributed by atoms with van der Waals surface area (Å²) in [6.07, 6.45) is 1.39. The molecule has 0 radical (unpaired) electrons. The van der Waals surface area contributed by atoms with E-state index in [9.17, 15) is 4.39 Å². The Bertz CT molecular complexity index is 190. The first-order valence-electron chi connectivity index (χ1n) is 6.15. The van der Waals surface area contributed by atoms with Crippen molar-refractivity contribution in [3.05, 3.63) is 0 Å². The van der Waals surface area contributed by atoms with Gasteiger partial charge in [-0.1, -0.05) is 0 Å². The lowest BCUT2D eigenvalue weighted by Crippen LogP contribution is -2.54. The second-order valence-corrected chi connectivity index (χ2v) is 5.42. The van der Waals surface area contributed by atoms with E-state index in [4.69, 9.17) is 0 Å². The Labute approximate surface area is 93.6 Å². The number of piperidine rings is 1. The monoisotopic (exact) mass is 217 g/mol. The van der Waals surface area contributed by atoms with E-state index in [1.54, 1.807) is 6.92 Å². The smallest absolute Gasteiger partial charge is 0.134 e. The standard InChI is InChI=1S/C12H26FN2/c1-5-15(4,6-2)11-14-9-7-12(3,13)8-10-14/h5-11H2,1-4H3/q+1. The summed E-state index contributed by atoms with van der Waals surface area (Å²) in [6.45, 7) is 11.4. The summed E-state index contributed by atoms with van der Waals surface area (Å²) in [6, 6.07) is 0. The largest absolute Gasteiger partial charge is 0.314 e. The lowest BCUT2D eigenvalue weighted by Gasteiger charge is -2.40. The van der Waals surface area contributed by atoms with Gasteiger partial charge in [0.25, 0.3) is 0 Å². The van der Waals surface area contributed by atoms with E-state index < -0.39 is 5.67 Å². The Balaban J connectivity index is 2.41. The Morgan fingerprint density at radius 3 is 2.07 bits per heavy atom. The van der Waals surface area contributed by atoms with Crippen LogP contribution in [0.15, 0.2) is 0 Å². The van der Waals surface area contributed by atoms with Crippen molar-refractivity contribution in [3.8, 4) is 0 Å². The van der Waals surface area contributed by atoms with E-state index in [0.29, 0.717) is 12.8 Å². The van der Waals surface area contributed by atoms with Gasteiger partial charge in [0.05, 0.1) is 20.1 Å². The fourth-order valence-electron chi connectivity index (χ4n) is 2.07. The highest BCUT2D eigenvalue weighted by Gasteiger charge is 2.32. The zero-order valence-electron chi connectivity index (χ0n) is 10.7. The lowest BCUT2D eigenvalue weighted by atomic mass is 9.96. The van der Waals surface area contributed by atoms with Crippen LogP contribution in [0.5, 0.6) is 0 Å². The zero-order chi connectivity index (χ0) is 11.5. The third-order valence-electron chi connectivity index (χ3n) is 3.97. The van der Waals surface area contributed by atoms with Gasteiger partial charge < -0.3 is 4.48 Å². The third-order valence-corrected chi connectivity index (χ3v) is 3.97. The highest BCUT2D eigenvalue weighted by molar-refractivity contribution is 4.81. The van der Waals surface area contributed by atoms with Gasteiger partial charge in [-0.05, 0) is 33.6 Å². The first kappa shape index (κ1) is 12.9. The molecule has 0 spiro atoms. The SMILES string of the molecule is CC[N+](C)(CC)CN1CCC(C)(F)CC1. The first-order valence-corrected chi connectivity index (χ1v) is 6.15. The topological polar surface area (TPSA) is 3.24 Å². The van der Waals surface area contributed by atoms with Gasteiger partial charge in [-0.2, -0.15) is 0 Å². The van der Waals surface area contributed by atoms with Crippen LogP contribution in [0.2, 0.25) is 0 Å².